The quantitative estimate of drug-likeness (QED) is 0.544. The molecule has 1 aliphatic heterocycles. The van der Waals surface area contributed by atoms with Gasteiger partial charge in [-0.2, -0.15) is 0 Å². The van der Waals surface area contributed by atoms with E-state index in [1.165, 1.54) is 11.0 Å². The van der Waals surface area contributed by atoms with Gasteiger partial charge in [0.2, 0.25) is 16.0 Å². The minimum absolute atomic E-state index is 0.0736. The fraction of sp³-hybridized carbons (Fsp3) is 0.435. The Labute approximate surface area is 195 Å². The monoisotopic (exact) mass is 499 g/mol. The lowest BCUT2D eigenvalue weighted by Crippen LogP contribution is -2.52. The summed E-state index contributed by atoms with van der Waals surface area (Å²) in [6.07, 6.45) is -1.68. The van der Waals surface area contributed by atoms with Crippen molar-refractivity contribution in [2.75, 3.05) is 19.1 Å². The van der Waals surface area contributed by atoms with Crippen LogP contribution in [0.4, 0.5) is 22.4 Å². The second-order valence-corrected chi connectivity index (χ2v) is 10.5. The molecule has 2 N–H and O–H groups in total. The molecule has 1 spiro atoms. The molecule has 0 aromatic heterocycles. The second-order valence-electron chi connectivity index (χ2n) is 8.80. The van der Waals surface area contributed by atoms with Crippen LogP contribution in [0.3, 0.4) is 0 Å². The Hall–Kier alpha value is -2.66. The highest BCUT2D eigenvalue weighted by Gasteiger charge is 2.61. The Bertz CT molecular complexity index is 1140. The second kappa shape index (κ2) is 9.53. The molecule has 184 valence electrons. The van der Waals surface area contributed by atoms with E-state index in [1.54, 1.807) is 42.5 Å². The lowest BCUT2D eigenvalue weighted by Gasteiger charge is -2.29. The molecule has 2 aliphatic rings. The van der Waals surface area contributed by atoms with E-state index in [4.69, 9.17) is 0 Å². The highest BCUT2D eigenvalue weighted by molar-refractivity contribution is 7.89. The van der Waals surface area contributed by atoms with Crippen LogP contribution >= 0.6 is 0 Å². The topological polar surface area (TPSA) is 78.5 Å². The third-order valence-electron chi connectivity index (χ3n) is 6.53. The summed E-state index contributed by atoms with van der Waals surface area (Å²) in [7, 11) is -4.28. The molecule has 6 nitrogen and oxygen atoms in total. The van der Waals surface area contributed by atoms with Crippen LogP contribution in [0.2, 0.25) is 0 Å². The first-order valence-electron chi connectivity index (χ1n) is 10.9. The number of hydrogen-bond donors (Lipinski definition) is 2. The molecule has 2 amide bonds. The molecule has 1 heterocycles. The Morgan fingerprint density at radius 3 is 2.44 bits per heavy atom. The highest BCUT2D eigenvalue weighted by atomic mass is 32.2. The number of nitrogens with zero attached hydrogens (tertiary/aromatic N) is 1. The van der Waals surface area contributed by atoms with Crippen molar-refractivity contribution in [1.29, 1.82) is 0 Å². The first-order chi connectivity index (χ1) is 16.2. The van der Waals surface area contributed by atoms with Crippen LogP contribution in [0.15, 0.2) is 48.5 Å². The summed E-state index contributed by atoms with van der Waals surface area (Å²) in [5.41, 5.74) is 0.586. The largest absolute Gasteiger partial charge is 0.332 e. The van der Waals surface area contributed by atoms with Crippen molar-refractivity contribution in [2.45, 2.75) is 37.8 Å². The van der Waals surface area contributed by atoms with Crippen LogP contribution in [-0.4, -0.2) is 57.0 Å². The first-order valence-corrected chi connectivity index (χ1v) is 12.5. The SMILES string of the molecule is O=C(NCC(F)F)N1CC2(CC2)[C@H](NS(=O)(=O)CF)[C@@H]1Cc1cccc(-c2ccccc2)c1F. The van der Waals surface area contributed by atoms with Gasteiger partial charge in [-0.05, 0) is 30.4 Å². The van der Waals surface area contributed by atoms with Crippen molar-refractivity contribution in [1.82, 2.24) is 14.9 Å². The van der Waals surface area contributed by atoms with E-state index in [0.717, 1.165) is 0 Å². The molecule has 2 aromatic rings. The number of halogens is 4. The van der Waals surface area contributed by atoms with Gasteiger partial charge in [0, 0.05) is 23.6 Å². The number of likely N-dealkylation sites (tertiary alicyclic amines) is 1. The van der Waals surface area contributed by atoms with Crippen molar-refractivity contribution >= 4 is 16.1 Å². The lowest BCUT2D eigenvalue weighted by atomic mass is 9.91. The number of sulfonamides is 1. The molecule has 1 saturated heterocycles. The van der Waals surface area contributed by atoms with Crippen molar-refractivity contribution in [3.63, 3.8) is 0 Å². The van der Waals surface area contributed by atoms with Gasteiger partial charge >= 0.3 is 6.03 Å². The summed E-state index contributed by atoms with van der Waals surface area (Å²) in [6.45, 7) is -0.764. The number of amides is 2. The molecule has 1 saturated carbocycles. The smallest absolute Gasteiger partial charge is 0.317 e. The van der Waals surface area contributed by atoms with E-state index >= 15 is 4.39 Å². The van der Waals surface area contributed by atoms with Crippen molar-refractivity contribution < 1.29 is 30.8 Å². The van der Waals surface area contributed by atoms with Gasteiger partial charge in [0.05, 0.1) is 12.6 Å². The third-order valence-corrected chi connectivity index (χ3v) is 7.43. The van der Waals surface area contributed by atoms with Gasteiger partial charge in [0.15, 0.2) is 0 Å². The molecular weight excluding hydrogens is 474 g/mol. The highest BCUT2D eigenvalue weighted by Crippen LogP contribution is 2.55. The van der Waals surface area contributed by atoms with Crippen LogP contribution in [0, 0.1) is 11.2 Å². The molecule has 34 heavy (non-hydrogen) atoms. The standard InChI is InChI=1S/C23H25F4N3O3S/c24-14-34(32,33)29-21-18(30(13-23(21)9-10-23)22(31)28-12-19(25)26)11-16-7-4-8-17(20(16)27)15-5-2-1-3-6-15/h1-8,18-19,21,29H,9-14H2,(H,28,31)/t18-,21+/m0/s1. The summed E-state index contributed by atoms with van der Waals surface area (Å²) in [5.74, 6) is -0.523. The van der Waals surface area contributed by atoms with Gasteiger partial charge in [0.25, 0.3) is 6.43 Å². The van der Waals surface area contributed by atoms with Crippen molar-refractivity contribution in [3.05, 3.63) is 59.9 Å². The van der Waals surface area contributed by atoms with Crippen molar-refractivity contribution in [3.8, 4) is 11.1 Å². The van der Waals surface area contributed by atoms with Gasteiger partial charge in [-0.25, -0.2) is 35.5 Å². The normalized spacial score (nSPS) is 21.3. The van der Waals surface area contributed by atoms with Crippen LogP contribution in [0.25, 0.3) is 11.1 Å². The van der Waals surface area contributed by atoms with Crippen LogP contribution in [0.1, 0.15) is 18.4 Å². The summed E-state index contributed by atoms with van der Waals surface area (Å²) in [5, 5.41) is 2.15. The number of rotatable bonds is 8. The average molecular weight is 500 g/mol. The zero-order chi connectivity index (χ0) is 24.5. The number of benzene rings is 2. The lowest BCUT2D eigenvalue weighted by molar-refractivity contribution is 0.137. The van der Waals surface area contributed by atoms with Gasteiger partial charge in [-0.3, -0.25) is 0 Å². The maximum absolute atomic E-state index is 15.5. The Balaban J connectivity index is 1.68. The van der Waals surface area contributed by atoms with E-state index in [-0.39, 0.29) is 18.5 Å². The first kappa shape index (κ1) is 24.5. The van der Waals surface area contributed by atoms with Crippen molar-refractivity contribution in [2.24, 2.45) is 5.41 Å². The molecule has 0 radical (unpaired) electrons. The van der Waals surface area contributed by atoms with E-state index < -0.39 is 58.3 Å². The van der Waals surface area contributed by atoms with E-state index in [1.807, 2.05) is 0 Å². The molecular formula is C23H25F4N3O3S. The summed E-state index contributed by atoms with van der Waals surface area (Å²) in [6, 6.07) is 9.46. The molecule has 0 unspecified atom stereocenters. The molecule has 1 aliphatic carbocycles. The molecule has 4 rings (SSSR count). The maximum atomic E-state index is 15.5. The number of carbonyl (C=O) groups is 1. The van der Waals surface area contributed by atoms with Crippen LogP contribution in [-0.2, 0) is 16.4 Å². The zero-order valence-electron chi connectivity index (χ0n) is 18.2. The number of urea groups is 1. The Morgan fingerprint density at radius 1 is 1.12 bits per heavy atom. The number of carbonyl (C=O) groups excluding carboxylic acids is 1. The predicted octanol–water partition coefficient (Wildman–Crippen LogP) is 3.69. The summed E-state index contributed by atoms with van der Waals surface area (Å²) in [4.78, 5) is 14.0. The van der Waals surface area contributed by atoms with E-state index in [2.05, 4.69) is 10.0 Å². The fourth-order valence-corrected chi connectivity index (χ4v) is 5.58. The summed E-state index contributed by atoms with van der Waals surface area (Å²) < 4.78 is 80.5. The number of hydrogen-bond acceptors (Lipinski definition) is 3. The number of alkyl halides is 3. The van der Waals surface area contributed by atoms with Gasteiger partial charge in [-0.1, -0.05) is 48.5 Å². The molecule has 2 fully saturated rings. The van der Waals surface area contributed by atoms with Gasteiger partial charge < -0.3 is 10.2 Å². The minimum Gasteiger partial charge on any atom is -0.332 e. The number of nitrogens with one attached hydrogen (secondary N) is 2. The Morgan fingerprint density at radius 2 is 1.82 bits per heavy atom. The average Bonchev–Trinajstić information content (AvgIpc) is 3.54. The van der Waals surface area contributed by atoms with Crippen LogP contribution in [0.5, 0.6) is 0 Å². The summed E-state index contributed by atoms with van der Waals surface area (Å²) >= 11 is 0. The van der Waals surface area contributed by atoms with E-state index in [0.29, 0.717) is 24.0 Å². The molecule has 11 heteroatoms. The minimum atomic E-state index is -4.28. The fourth-order valence-electron chi connectivity index (χ4n) is 4.72. The van der Waals surface area contributed by atoms with E-state index in [9.17, 15) is 26.4 Å². The molecule has 2 aromatic carbocycles. The van der Waals surface area contributed by atoms with Crippen LogP contribution < -0.4 is 10.0 Å². The van der Waals surface area contributed by atoms with Gasteiger partial charge in [0.1, 0.15) is 5.82 Å². The maximum Gasteiger partial charge on any atom is 0.317 e. The zero-order valence-corrected chi connectivity index (χ0v) is 19.0. The molecule has 0 bridgehead atoms. The predicted molar refractivity (Wildman–Crippen MR) is 119 cm³/mol. The van der Waals surface area contributed by atoms with Gasteiger partial charge in [-0.15, -0.1) is 0 Å². The Kier molecular flexibility index (Phi) is 6.86. The third kappa shape index (κ3) is 5.05. The molecule has 2 atom stereocenters.